The summed E-state index contributed by atoms with van der Waals surface area (Å²) in [4.78, 5) is 23.5. The van der Waals surface area contributed by atoms with Crippen LogP contribution in [0.5, 0.6) is 0 Å². The number of methoxy groups -OCH3 is 1. The Morgan fingerprint density at radius 2 is 1.88 bits per heavy atom. The van der Waals surface area contributed by atoms with Crippen LogP contribution in [0.15, 0.2) is 67.3 Å². The molecule has 3 heterocycles. The Morgan fingerprint density at radius 3 is 2.68 bits per heavy atom. The molecule has 0 saturated heterocycles. The second-order valence-electron chi connectivity index (χ2n) is 5.63. The lowest BCUT2D eigenvalue weighted by Gasteiger charge is -2.05. The van der Waals surface area contributed by atoms with Crippen molar-refractivity contribution in [3.8, 4) is 22.3 Å². The molecule has 122 valence electrons. The molecule has 0 aliphatic carbocycles. The van der Waals surface area contributed by atoms with Crippen LogP contribution in [0.4, 0.5) is 0 Å². The van der Waals surface area contributed by atoms with E-state index in [0.717, 1.165) is 33.3 Å². The lowest BCUT2D eigenvalue weighted by atomic mass is 10.0. The maximum absolute atomic E-state index is 11.8. The summed E-state index contributed by atoms with van der Waals surface area (Å²) in [7, 11) is 1.38. The normalized spacial score (nSPS) is 10.8. The number of nitrogens with zero attached hydrogens (tertiary/aromatic N) is 2. The van der Waals surface area contributed by atoms with Gasteiger partial charge in [-0.25, -0.2) is 9.78 Å². The maximum atomic E-state index is 11.8. The second-order valence-corrected chi connectivity index (χ2v) is 5.63. The van der Waals surface area contributed by atoms with Gasteiger partial charge in [0.1, 0.15) is 5.65 Å². The lowest BCUT2D eigenvalue weighted by Crippen LogP contribution is -2.00. The van der Waals surface area contributed by atoms with E-state index in [9.17, 15) is 4.79 Å². The van der Waals surface area contributed by atoms with E-state index in [4.69, 9.17) is 4.74 Å². The first kappa shape index (κ1) is 15.1. The minimum atomic E-state index is -0.352. The molecule has 0 aliphatic heterocycles. The highest BCUT2D eigenvalue weighted by Crippen LogP contribution is 2.30. The molecule has 4 aromatic rings. The van der Waals surface area contributed by atoms with Gasteiger partial charge in [0.25, 0.3) is 0 Å². The molecule has 0 bridgehead atoms. The molecule has 0 saturated carbocycles. The van der Waals surface area contributed by atoms with Crippen LogP contribution < -0.4 is 0 Å². The maximum Gasteiger partial charge on any atom is 0.337 e. The summed E-state index contributed by atoms with van der Waals surface area (Å²) in [6.45, 7) is 0. The van der Waals surface area contributed by atoms with Gasteiger partial charge in [-0.2, -0.15) is 0 Å². The Kier molecular flexibility index (Phi) is 3.74. The summed E-state index contributed by atoms with van der Waals surface area (Å²) in [5.74, 6) is -0.352. The van der Waals surface area contributed by atoms with Gasteiger partial charge in [-0.05, 0) is 41.5 Å². The lowest BCUT2D eigenvalue weighted by molar-refractivity contribution is 0.0601. The van der Waals surface area contributed by atoms with Crippen LogP contribution in [-0.4, -0.2) is 28.0 Å². The molecule has 1 aromatic carbocycles. The molecule has 0 radical (unpaired) electrons. The minimum Gasteiger partial charge on any atom is -0.465 e. The van der Waals surface area contributed by atoms with Gasteiger partial charge in [-0.15, -0.1) is 0 Å². The van der Waals surface area contributed by atoms with Gasteiger partial charge in [-0.1, -0.05) is 12.1 Å². The average Bonchev–Trinajstić information content (AvgIpc) is 3.11. The van der Waals surface area contributed by atoms with E-state index < -0.39 is 0 Å². The fraction of sp³-hybridized carbons (Fsp3) is 0.0500. The molecule has 0 aliphatic rings. The van der Waals surface area contributed by atoms with Crippen molar-refractivity contribution in [2.75, 3.05) is 7.11 Å². The molecular weight excluding hydrogens is 314 g/mol. The summed E-state index contributed by atoms with van der Waals surface area (Å²) in [6, 6.07) is 13.3. The Hall–Kier alpha value is -3.47. The number of fused-ring (bicyclic) bond motifs is 1. The fourth-order valence-corrected chi connectivity index (χ4v) is 2.88. The predicted octanol–water partition coefficient (Wildman–Crippen LogP) is 4.08. The number of rotatable bonds is 3. The van der Waals surface area contributed by atoms with Crippen LogP contribution in [0.25, 0.3) is 33.3 Å². The van der Waals surface area contributed by atoms with E-state index in [-0.39, 0.29) is 5.97 Å². The molecule has 0 fully saturated rings. The first-order valence-corrected chi connectivity index (χ1v) is 7.82. The summed E-state index contributed by atoms with van der Waals surface area (Å²) in [5, 5.41) is 1.02. The predicted molar refractivity (Wildman–Crippen MR) is 96.1 cm³/mol. The number of nitrogens with one attached hydrogen (secondary N) is 1. The van der Waals surface area contributed by atoms with E-state index in [2.05, 4.69) is 21.0 Å². The van der Waals surface area contributed by atoms with Crippen LogP contribution in [-0.2, 0) is 4.74 Å². The van der Waals surface area contributed by atoms with Gasteiger partial charge in [0, 0.05) is 41.3 Å². The van der Waals surface area contributed by atoms with Crippen molar-refractivity contribution in [1.29, 1.82) is 0 Å². The molecule has 5 nitrogen and oxygen atoms in total. The molecule has 1 N–H and O–H groups in total. The van der Waals surface area contributed by atoms with Crippen molar-refractivity contribution in [2.45, 2.75) is 0 Å². The smallest absolute Gasteiger partial charge is 0.337 e. The van der Waals surface area contributed by atoms with Crippen molar-refractivity contribution >= 4 is 17.0 Å². The second kappa shape index (κ2) is 6.20. The molecule has 25 heavy (non-hydrogen) atoms. The van der Waals surface area contributed by atoms with Gasteiger partial charge in [0.05, 0.1) is 12.7 Å². The number of ether oxygens (including phenoxy) is 1. The highest BCUT2D eigenvalue weighted by atomic mass is 16.5. The van der Waals surface area contributed by atoms with Crippen molar-refractivity contribution < 1.29 is 9.53 Å². The third-order valence-corrected chi connectivity index (χ3v) is 4.14. The molecule has 0 amide bonds. The SMILES string of the molecule is COC(=O)c1cccc(-c2cnc3[nH]cc(-c4ccncc4)c3c2)c1. The highest BCUT2D eigenvalue weighted by Gasteiger charge is 2.11. The molecule has 0 spiro atoms. The Balaban J connectivity index is 1.83. The van der Waals surface area contributed by atoms with Gasteiger partial charge in [-0.3, -0.25) is 4.98 Å². The Labute approximate surface area is 144 Å². The zero-order chi connectivity index (χ0) is 17.2. The third-order valence-electron chi connectivity index (χ3n) is 4.14. The molecule has 3 aromatic heterocycles. The topological polar surface area (TPSA) is 67.9 Å². The van der Waals surface area contributed by atoms with Gasteiger partial charge >= 0.3 is 5.97 Å². The fourth-order valence-electron chi connectivity index (χ4n) is 2.88. The first-order chi connectivity index (χ1) is 12.3. The average molecular weight is 329 g/mol. The Morgan fingerprint density at radius 1 is 1.04 bits per heavy atom. The number of H-pyrrole nitrogens is 1. The molecule has 0 atom stereocenters. The zero-order valence-electron chi connectivity index (χ0n) is 13.6. The van der Waals surface area contributed by atoms with Crippen LogP contribution in [0.2, 0.25) is 0 Å². The summed E-state index contributed by atoms with van der Waals surface area (Å²) in [6.07, 6.45) is 7.28. The standard InChI is InChI=1S/C20H15N3O2/c1-25-20(24)15-4-2-3-14(9-15)16-10-17-18(12-23-19(17)22-11-16)13-5-7-21-8-6-13/h2-12H,1H3,(H,22,23). The van der Waals surface area contributed by atoms with Gasteiger partial charge in [0.2, 0.25) is 0 Å². The Bertz CT molecular complexity index is 1050. The van der Waals surface area contributed by atoms with Crippen LogP contribution >= 0.6 is 0 Å². The van der Waals surface area contributed by atoms with E-state index in [1.807, 2.05) is 36.5 Å². The number of aromatic nitrogens is 3. The van der Waals surface area contributed by atoms with E-state index in [1.54, 1.807) is 24.7 Å². The number of esters is 1. The third kappa shape index (κ3) is 2.76. The number of carbonyl (C=O) groups excluding carboxylic acids is 1. The summed E-state index contributed by atoms with van der Waals surface area (Å²) >= 11 is 0. The number of carbonyl (C=O) groups is 1. The zero-order valence-corrected chi connectivity index (χ0v) is 13.6. The van der Waals surface area contributed by atoms with Crippen LogP contribution in [0.1, 0.15) is 10.4 Å². The van der Waals surface area contributed by atoms with Crippen molar-refractivity contribution in [2.24, 2.45) is 0 Å². The highest BCUT2D eigenvalue weighted by molar-refractivity contribution is 5.96. The number of hydrogen-bond donors (Lipinski definition) is 1. The molecular formula is C20H15N3O2. The van der Waals surface area contributed by atoms with Crippen LogP contribution in [0, 0.1) is 0 Å². The number of pyridine rings is 2. The number of hydrogen-bond acceptors (Lipinski definition) is 4. The summed E-state index contributed by atoms with van der Waals surface area (Å²) in [5.41, 5.74) is 5.33. The minimum absolute atomic E-state index is 0.352. The van der Waals surface area contributed by atoms with Gasteiger partial charge in [0.15, 0.2) is 0 Å². The van der Waals surface area contributed by atoms with Crippen LogP contribution in [0.3, 0.4) is 0 Å². The van der Waals surface area contributed by atoms with Crippen molar-refractivity contribution in [3.05, 3.63) is 72.8 Å². The molecule has 0 unspecified atom stereocenters. The first-order valence-electron chi connectivity index (χ1n) is 7.82. The largest absolute Gasteiger partial charge is 0.465 e. The number of benzene rings is 1. The van der Waals surface area contributed by atoms with Gasteiger partial charge < -0.3 is 9.72 Å². The summed E-state index contributed by atoms with van der Waals surface area (Å²) < 4.78 is 4.80. The van der Waals surface area contributed by atoms with Crippen molar-refractivity contribution in [1.82, 2.24) is 15.0 Å². The quantitative estimate of drug-likeness (QED) is 0.575. The van der Waals surface area contributed by atoms with Crippen molar-refractivity contribution in [3.63, 3.8) is 0 Å². The van der Waals surface area contributed by atoms with E-state index in [1.165, 1.54) is 7.11 Å². The molecule has 4 rings (SSSR count). The monoisotopic (exact) mass is 329 g/mol. The molecule has 5 heteroatoms. The van der Waals surface area contributed by atoms with E-state index >= 15 is 0 Å². The van der Waals surface area contributed by atoms with E-state index in [0.29, 0.717) is 5.56 Å². The number of aromatic amines is 1.